The molecule has 4 aromatic heterocycles. The molecule has 0 unspecified atom stereocenters. The normalized spacial score (nSPS) is 11.5. The molecule has 0 bridgehead atoms. The van der Waals surface area contributed by atoms with Crippen molar-refractivity contribution in [1.82, 2.24) is 19.9 Å². The van der Waals surface area contributed by atoms with Crippen LogP contribution in [0.5, 0.6) is 0 Å². The second-order valence-corrected chi connectivity index (χ2v) is 11.5. The van der Waals surface area contributed by atoms with E-state index >= 15 is 0 Å². The lowest BCUT2D eigenvalue weighted by atomic mass is 9.89. The van der Waals surface area contributed by atoms with Crippen molar-refractivity contribution in [3.05, 3.63) is 158 Å². The van der Waals surface area contributed by atoms with E-state index in [2.05, 4.69) is 119 Å². The molecule has 4 heteroatoms. The quantitative estimate of drug-likeness (QED) is 0.193. The van der Waals surface area contributed by atoms with Gasteiger partial charge in [0.15, 0.2) is 0 Å². The first-order valence-electron chi connectivity index (χ1n) is 15.4. The fourth-order valence-corrected chi connectivity index (χ4v) is 6.66. The van der Waals surface area contributed by atoms with Gasteiger partial charge in [-0.05, 0) is 75.1 Å². The minimum atomic E-state index is 0.821. The SMILES string of the molecule is c1ccc(-c2cc(-c3ccc(-c4nc5ccccc5c5c6ccccc6c6ccccc6c45)cc3)cc(-c3cccnc3)n2)nc1. The van der Waals surface area contributed by atoms with Gasteiger partial charge in [-0.2, -0.15) is 0 Å². The highest BCUT2D eigenvalue weighted by Crippen LogP contribution is 2.43. The molecule has 5 aromatic carbocycles. The van der Waals surface area contributed by atoms with Crippen molar-refractivity contribution >= 4 is 43.2 Å². The van der Waals surface area contributed by atoms with Crippen molar-refractivity contribution in [2.75, 3.05) is 0 Å². The summed E-state index contributed by atoms with van der Waals surface area (Å²) < 4.78 is 0. The Morgan fingerprint density at radius 2 is 1.02 bits per heavy atom. The van der Waals surface area contributed by atoms with Crippen molar-refractivity contribution in [3.63, 3.8) is 0 Å². The predicted octanol–water partition coefficient (Wildman–Crippen LogP) is 10.5. The van der Waals surface area contributed by atoms with E-state index in [1.165, 1.54) is 37.7 Å². The van der Waals surface area contributed by atoms with Gasteiger partial charge >= 0.3 is 0 Å². The summed E-state index contributed by atoms with van der Waals surface area (Å²) >= 11 is 0. The fourth-order valence-electron chi connectivity index (χ4n) is 6.66. The molecule has 0 saturated carbocycles. The van der Waals surface area contributed by atoms with E-state index in [1.54, 1.807) is 12.4 Å². The van der Waals surface area contributed by atoms with Crippen LogP contribution >= 0.6 is 0 Å². The van der Waals surface area contributed by atoms with Gasteiger partial charge < -0.3 is 0 Å². The number of nitrogens with zero attached hydrogens (tertiary/aromatic N) is 4. The van der Waals surface area contributed by atoms with Gasteiger partial charge in [0, 0.05) is 45.9 Å². The summed E-state index contributed by atoms with van der Waals surface area (Å²) in [7, 11) is 0. The lowest BCUT2D eigenvalue weighted by molar-refractivity contribution is 1.24. The van der Waals surface area contributed by atoms with Gasteiger partial charge in [-0.25, -0.2) is 9.97 Å². The largest absolute Gasteiger partial charge is 0.264 e. The summed E-state index contributed by atoms with van der Waals surface area (Å²) in [5.41, 5.74) is 8.68. The molecule has 0 aliphatic heterocycles. The molecular formula is C42H26N4. The van der Waals surface area contributed by atoms with Crippen LogP contribution in [0.25, 0.3) is 88.2 Å². The number of rotatable bonds is 4. The molecule has 0 fully saturated rings. The number of fused-ring (bicyclic) bond motifs is 8. The van der Waals surface area contributed by atoms with Crippen LogP contribution in [0.4, 0.5) is 0 Å². The Labute approximate surface area is 265 Å². The maximum atomic E-state index is 5.32. The second-order valence-electron chi connectivity index (χ2n) is 11.5. The van der Waals surface area contributed by atoms with Crippen LogP contribution in [-0.2, 0) is 0 Å². The highest BCUT2D eigenvalue weighted by Gasteiger charge is 2.17. The minimum absolute atomic E-state index is 0.821. The van der Waals surface area contributed by atoms with E-state index in [4.69, 9.17) is 9.97 Å². The van der Waals surface area contributed by atoms with Crippen LogP contribution in [0.3, 0.4) is 0 Å². The molecule has 0 amide bonds. The Hall–Kier alpha value is -6.26. The first kappa shape index (κ1) is 26.2. The highest BCUT2D eigenvalue weighted by molar-refractivity contribution is 6.33. The van der Waals surface area contributed by atoms with Crippen molar-refractivity contribution in [2.45, 2.75) is 0 Å². The number of pyridine rings is 4. The summed E-state index contributed by atoms with van der Waals surface area (Å²) in [5, 5.41) is 8.55. The molecular weight excluding hydrogens is 560 g/mol. The molecule has 214 valence electrons. The molecule has 0 radical (unpaired) electrons. The molecule has 0 saturated heterocycles. The number of hydrogen-bond acceptors (Lipinski definition) is 4. The third-order valence-electron chi connectivity index (χ3n) is 8.78. The molecule has 0 aliphatic carbocycles. The molecule has 0 N–H and O–H groups in total. The van der Waals surface area contributed by atoms with Crippen LogP contribution in [-0.4, -0.2) is 19.9 Å². The smallest absolute Gasteiger partial charge is 0.0899 e. The molecule has 4 heterocycles. The van der Waals surface area contributed by atoms with Gasteiger partial charge in [0.05, 0.1) is 28.3 Å². The van der Waals surface area contributed by atoms with E-state index in [1.807, 2.05) is 36.5 Å². The summed E-state index contributed by atoms with van der Waals surface area (Å²) in [4.78, 5) is 19.2. The zero-order valence-corrected chi connectivity index (χ0v) is 24.8. The highest BCUT2D eigenvalue weighted by atomic mass is 14.8. The molecule has 0 atom stereocenters. The molecule has 0 aliphatic rings. The van der Waals surface area contributed by atoms with Crippen LogP contribution in [0.1, 0.15) is 0 Å². The minimum Gasteiger partial charge on any atom is -0.264 e. The van der Waals surface area contributed by atoms with Crippen LogP contribution in [0, 0.1) is 0 Å². The molecule has 46 heavy (non-hydrogen) atoms. The second kappa shape index (κ2) is 10.7. The zero-order valence-electron chi connectivity index (χ0n) is 24.8. The summed E-state index contributed by atoms with van der Waals surface area (Å²) in [6.07, 6.45) is 5.43. The monoisotopic (exact) mass is 586 g/mol. The van der Waals surface area contributed by atoms with Gasteiger partial charge in [-0.15, -0.1) is 0 Å². The molecule has 4 nitrogen and oxygen atoms in total. The average molecular weight is 587 g/mol. The number of benzene rings is 5. The Kier molecular flexibility index (Phi) is 6.10. The summed E-state index contributed by atoms with van der Waals surface area (Å²) in [6.45, 7) is 0. The third kappa shape index (κ3) is 4.31. The Morgan fingerprint density at radius 3 is 1.74 bits per heavy atom. The van der Waals surface area contributed by atoms with Crippen LogP contribution < -0.4 is 0 Å². The van der Waals surface area contributed by atoms with Crippen molar-refractivity contribution < 1.29 is 0 Å². The van der Waals surface area contributed by atoms with E-state index in [9.17, 15) is 0 Å². The zero-order chi connectivity index (χ0) is 30.5. The van der Waals surface area contributed by atoms with Gasteiger partial charge in [0.2, 0.25) is 0 Å². The number of aromatic nitrogens is 4. The van der Waals surface area contributed by atoms with Gasteiger partial charge in [0.1, 0.15) is 0 Å². The lowest BCUT2D eigenvalue weighted by Crippen LogP contribution is -1.94. The fraction of sp³-hybridized carbons (Fsp3) is 0. The maximum Gasteiger partial charge on any atom is 0.0899 e. The van der Waals surface area contributed by atoms with Gasteiger partial charge in [-0.3, -0.25) is 9.97 Å². The van der Waals surface area contributed by atoms with Crippen molar-refractivity contribution in [1.29, 1.82) is 0 Å². The molecule has 9 aromatic rings. The van der Waals surface area contributed by atoms with E-state index in [0.717, 1.165) is 50.5 Å². The van der Waals surface area contributed by atoms with Crippen LogP contribution in [0.15, 0.2) is 158 Å². The summed E-state index contributed by atoms with van der Waals surface area (Å²) in [6, 6.07) is 48.8. The van der Waals surface area contributed by atoms with Crippen molar-refractivity contribution in [3.8, 4) is 45.0 Å². The lowest BCUT2D eigenvalue weighted by Gasteiger charge is -2.16. The Morgan fingerprint density at radius 1 is 0.370 bits per heavy atom. The third-order valence-corrected chi connectivity index (χ3v) is 8.78. The molecule has 9 rings (SSSR count). The van der Waals surface area contributed by atoms with E-state index in [-0.39, 0.29) is 0 Å². The number of hydrogen-bond donors (Lipinski definition) is 0. The maximum absolute atomic E-state index is 5.32. The van der Waals surface area contributed by atoms with E-state index < -0.39 is 0 Å². The predicted molar refractivity (Wildman–Crippen MR) is 189 cm³/mol. The standard InChI is InChI=1S/C42H26N4/c1-3-13-33-31(11-1)32-12-2-4-14-34(32)41-40(33)35-15-5-6-16-36(35)46-42(41)28-20-18-27(19-21-28)30-24-38(29-10-9-22-43-26-29)45-39(25-30)37-17-7-8-23-44-37/h1-26H. The van der Waals surface area contributed by atoms with E-state index in [0.29, 0.717) is 0 Å². The Bertz CT molecular complexity index is 2500. The topological polar surface area (TPSA) is 51.6 Å². The first-order chi connectivity index (χ1) is 22.8. The first-order valence-corrected chi connectivity index (χ1v) is 15.4. The molecule has 0 spiro atoms. The van der Waals surface area contributed by atoms with Gasteiger partial charge in [0.25, 0.3) is 0 Å². The Balaban J connectivity index is 1.26. The summed E-state index contributed by atoms with van der Waals surface area (Å²) in [5.74, 6) is 0. The average Bonchev–Trinajstić information content (AvgIpc) is 3.15. The number of para-hydroxylation sites is 1. The van der Waals surface area contributed by atoms with Crippen LogP contribution in [0.2, 0.25) is 0 Å². The van der Waals surface area contributed by atoms with Gasteiger partial charge in [-0.1, -0.05) is 97.1 Å². The van der Waals surface area contributed by atoms with Crippen molar-refractivity contribution in [2.24, 2.45) is 0 Å².